The Morgan fingerprint density at radius 1 is 1.00 bits per heavy atom. The van der Waals surface area contributed by atoms with Crippen molar-refractivity contribution >= 4 is 0 Å². The number of aryl methyl sites for hydroxylation is 2. The molecule has 2 aromatic carbocycles. The fraction of sp³-hybridized carbons (Fsp3) is 0.333. The van der Waals surface area contributed by atoms with Crippen molar-refractivity contribution < 1.29 is 4.74 Å². The summed E-state index contributed by atoms with van der Waals surface area (Å²) in [5, 5.41) is 0. The highest BCUT2D eigenvalue weighted by Gasteiger charge is 2.08. The van der Waals surface area contributed by atoms with E-state index in [4.69, 9.17) is 10.5 Å². The molecule has 0 aliphatic carbocycles. The lowest BCUT2D eigenvalue weighted by molar-refractivity contribution is 0.408. The molecule has 1 atom stereocenters. The van der Waals surface area contributed by atoms with Crippen LogP contribution in [0.5, 0.6) is 5.75 Å². The summed E-state index contributed by atoms with van der Waals surface area (Å²) in [6.07, 6.45) is 0.958. The molecule has 0 amide bonds. The molecule has 0 aliphatic rings. The standard InChI is InChI=1S/C18H23NO/c1-5-17(19)15-8-6-14(7-9-15)16-10-12(2)18(20-4)13(3)11-16/h6-11,17H,5,19H2,1-4H3. The molecule has 2 aromatic rings. The Kier molecular flexibility index (Phi) is 4.46. The molecule has 2 heteroatoms. The van der Waals surface area contributed by atoms with E-state index in [-0.39, 0.29) is 6.04 Å². The fourth-order valence-corrected chi connectivity index (χ4v) is 2.60. The number of methoxy groups -OCH3 is 1. The third-order valence-electron chi connectivity index (χ3n) is 3.78. The first-order chi connectivity index (χ1) is 9.56. The molecule has 20 heavy (non-hydrogen) atoms. The summed E-state index contributed by atoms with van der Waals surface area (Å²) in [5.41, 5.74) is 12.0. The maximum Gasteiger partial charge on any atom is 0.124 e. The fourth-order valence-electron chi connectivity index (χ4n) is 2.60. The van der Waals surface area contributed by atoms with E-state index in [2.05, 4.69) is 57.2 Å². The smallest absolute Gasteiger partial charge is 0.124 e. The Morgan fingerprint density at radius 2 is 1.55 bits per heavy atom. The van der Waals surface area contributed by atoms with Crippen molar-refractivity contribution in [2.45, 2.75) is 33.2 Å². The van der Waals surface area contributed by atoms with E-state index in [0.29, 0.717) is 0 Å². The van der Waals surface area contributed by atoms with Gasteiger partial charge in [0.05, 0.1) is 7.11 Å². The Bertz CT molecular complexity index is 564. The van der Waals surface area contributed by atoms with E-state index in [1.165, 1.54) is 16.7 Å². The van der Waals surface area contributed by atoms with Gasteiger partial charge in [-0.2, -0.15) is 0 Å². The molecule has 1 unspecified atom stereocenters. The summed E-state index contributed by atoms with van der Waals surface area (Å²) in [5.74, 6) is 0.971. The van der Waals surface area contributed by atoms with Crippen LogP contribution < -0.4 is 10.5 Å². The first-order valence-electron chi connectivity index (χ1n) is 7.08. The zero-order valence-electron chi connectivity index (χ0n) is 12.7. The zero-order chi connectivity index (χ0) is 14.7. The van der Waals surface area contributed by atoms with E-state index in [0.717, 1.165) is 23.3 Å². The highest BCUT2D eigenvalue weighted by atomic mass is 16.5. The lowest BCUT2D eigenvalue weighted by atomic mass is 9.97. The van der Waals surface area contributed by atoms with Crippen LogP contribution in [0.1, 0.15) is 36.1 Å². The quantitative estimate of drug-likeness (QED) is 0.893. The van der Waals surface area contributed by atoms with Crippen LogP contribution >= 0.6 is 0 Å². The minimum atomic E-state index is 0.128. The van der Waals surface area contributed by atoms with Crippen molar-refractivity contribution in [3.05, 3.63) is 53.1 Å². The Balaban J connectivity index is 2.37. The van der Waals surface area contributed by atoms with Crippen LogP contribution in [0.4, 0.5) is 0 Å². The number of benzene rings is 2. The van der Waals surface area contributed by atoms with Crippen LogP contribution in [0.3, 0.4) is 0 Å². The van der Waals surface area contributed by atoms with Crippen molar-refractivity contribution in [2.24, 2.45) is 5.73 Å². The lowest BCUT2D eigenvalue weighted by Gasteiger charge is -2.13. The average molecular weight is 269 g/mol. The first-order valence-corrected chi connectivity index (χ1v) is 7.08. The number of hydrogen-bond donors (Lipinski definition) is 1. The number of nitrogens with two attached hydrogens (primary N) is 1. The zero-order valence-corrected chi connectivity index (χ0v) is 12.7. The molecule has 2 nitrogen and oxygen atoms in total. The highest BCUT2D eigenvalue weighted by molar-refractivity contribution is 5.67. The van der Waals surface area contributed by atoms with Crippen LogP contribution in [0.25, 0.3) is 11.1 Å². The predicted octanol–water partition coefficient (Wildman–Crippen LogP) is 4.39. The van der Waals surface area contributed by atoms with Crippen LogP contribution in [-0.2, 0) is 0 Å². The molecule has 0 bridgehead atoms. The molecule has 0 heterocycles. The van der Waals surface area contributed by atoms with E-state index in [1.54, 1.807) is 7.11 Å². The molecule has 0 aromatic heterocycles. The summed E-state index contributed by atoms with van der Waals surface area (Å²) in [4.78, 5) is 0. The van der Waals surface area contributed by atoms with Gasteiger partial charge in [0.25, 0.3) is 0 Å². The third-order valence-corrected chi connectivity index (χ3v) is 3.78. The number of ether oxygens (including phenoxy) is 1. The molecule has 2 N–H and O–H groups in total. The molecule has 0 aliphatic heterocycles. The van der Waals surface area contributed by atoms with Crippen LogP contribution in [-0.4, -0.2) is 7.11 Å². The second kappa shape index (κ2) is 6.10. The molecule has 0 saturated carbocycles. The van der Waals surface area contributed by atoms with Crippen molar-refractivity contribution in [1.82, 2.24) is 0 Å². The topological polar surface area (TPSA) is 35.2 Å². The van der Waals surface area contributed by atoms with E-state index in [9.17, 15) is 0 Å². The minimum absolute atomic E-state index is 0.128. The normalized spacial score (nSPS) is 12.2. The maximum absolute atomic E-state index is 6.05. The van der Waals surface area contributed by atoms with Gasteiger partial charge in [0.1, 0.15) is 5.75 Å². The Morgan fingerprint density at radius 3 is 2.00 bits per heavy atom. The van der Waals surface area contributed by atoms with Crippen molar-refractivity contribution in [1.29, 1.82) is 0 Å². The summed E-state index contributed by atoms with van der Waals surface area (Å²) in [6, 6.07) is 13.0. The van der Waals surface area contributed by atoms with Gasteiger partial charge in [-0.1, -0.05) is 31.2 Å². The summed E-state index contributed by atoms with van der Waals surface area (Å²) in [7, 11) is 1.72. The summed E-state index contributed by atoms with van der Waals surface area (Å²) < 4.78 is 5.42. The largest absolute Gasteiger partial charge is 0.496 e. The van der Waals surface area contributed by atoms with Gasteiger partial charge < -0.3 is 10.5 Å². The van der Waals surface area contributed by atoms with E-state index < -0.39 is 0 Å². The number of rotatable bonds is 4. The Labute approximate surface area is 121 Å². The third kappa shape index (κ3) is 2.86. The van der Waals surface area contributed by atoms with Crippen molar-refractivity contribution in [2.75, 3.05) is 7.11 Å². The summed E-state index contributed by atoms with van der Waals surface area (Å²) >= 11 is 0. The molecule has 0 fully saturated rings. The van der Waals surface area contributed by atoms with Crippen LogP contribution in [0, 0.1) is 13.8 Å². The second-order valence-electron chi connectivity index (χ2n) is 5.28. The van der Waals surface area contributed by atoms with Gasteiger partial charge in [-0.25, -0.2) is 0 Å². The average Bonchev–Trinajstić information content (AvgIpc) is 2.46. The van der Waals surface area contributed by atoms with Gasteiger partial charge >= 0.3 is 0 Å². The highest BCUT2D eigenvalue weighted by Crippen LogP contribution is 2.30. The maximum atomic E-state index is 6.05. The van der Waals surface area contributed by atoms with Crippen molar-refractivity contribution in [3.63, 3.8) is 0 Å². The van der Waals surface area contributed by atoms with Crippen LogP contribution in [0.2, 0.25) is 0 Å². The molecular formula is C18H23NO. The van der Waals surface area contributed by atoms with E-state index in [1.807, 2.05) is 0 Å². The molecule has 0 saturated heterocycles. The molecular weight excluding hydrogens is 246 g/mol. The number of hydrogen-bond acceptors (Lipinski definition) is 2. The van der Waals surface area contributed by atoms with Gasteiger partial charge in [0.2, 0.25) is 0 Å². The minimum Gasteiger partial charge on any atom is -0.496 e. The second-order valence-corrected chi connectivity index (χ2v) is 5.28. The molecule has 106 valence electrons. The van der Waals surface area contributed by atoms with Crippen LogP contribution in [0.15, 0.2) is 36.4 Å². The van der Waals surface area contributed by atoms with E-state index >= 15 is 0 Å². The van der Waals surface area contributed by atoms with Gasteiger partial charge in [-0.15, -0.1) is 0 Å². The van der Waals surface area contributed by atoms with Crippen molar-refractivity contribution in [3.8, 4) is 16.9 Å². The predicted molar refractivity (Wildman–Crippen MR) is 85.1 cm³/mol. The Hall–Kier alpha value is -1.80. The van der Waals surface area contributed by atoms with Gasteiger partial charge in [0, 0.05) is 6.04 Å². The monoisotopic (exact) mass is 269 g/mol. The van der Waals surface area contributed by atoms with Gasteiger partial charge in [-0.05, 0) is 60.2 Å². The SMILES string of the molecule is CCC(N)c1ccc(-c2cc(C)c(OC)c(C)c2)cc1. The van der Waals surface area contributed by atoms with Gasteiger partial charge in [0.15, 0.2) is 0 Å². The lowest BCUT2D eigenvalue weighted by Crippen LogP contribution is -2.08. The molecule has 0 radical (unpaired) electrons. The first kappa shape index (κ1) is 14.6. The molecule has 0 spiro atoms. The summed E-state index contributed by atoms with van der Waals surface area (Å²) in [6.45, 7) is 6.27. The van der Waals surface area contributed by atoms with Gasteiger partial charge in [-0.3, -0.25) is 0 Å². The molecule has 2 rings (SSSR count).